The second kappa shape index (κ2) is 4.23. The molecule has 2 unspecified atom stereocenters. The maximum atomic E-state index is 10.8. The normalized spacial score (nSPS) is 26.9. The van der Waals surface area contributed by atoms with E-state index in [9.17, 15) is 4.79 Å². The van der Waals surface area contributed by atoms with Gasteiger partial charge in [-0.25, -0.2) is 0 Å². The van der Waals surface area contributed by atoms with E-state index in [0.717, 1.165) is 19.4 Å². The van der Waals surface area contributed by atoms with E-state index >= 15 is 0 Å². The molecular weight excluding hydrogens is 269 g/mol. The molecule has 0 aromatic rings. The minimum atomic E-state index is -0.712. The average molecular weight is 281 g/mol. The van der Waals surface area contributed by atoms with Crippen molar-refractivity contribution in [3.63, 3.8) is 0 Å². The Morgan fingerprint density at radius 1 is 1.83 bits per heavy atom. The second-order valence-corrected chi connectivity index (χ2v) is 4.12. The minimum Gasteiger partial charge on any atom is -0.480 e. The van der Waals surface area contributed by atoms with Crippen LogP contribution >= 0.6 is 22.6 Å². The lowest BCUT2D eigenvalue weighted by Gasteiger charge is -2.24. The van der Waals surface area contributed by atoms with Crippen LogP contribution in [0.2, 0.25) is 0 Å². The summed E-state index contributed by atoms with van der Waals surface area (Å²) in [5, 5.41) is 8.85. The van der Waals surface area contributed by atoms with Gasteiger partial charge in [-0.2, -0.15) is 0 Å². The molecule has 2 atom stereocenters. The summed E-state index contributed by atoms with van der Waals surface area (Å²) in [5.74, 6) is -0.712. The van der Waals surface area contributed by atoms with Crippen LogP contribution in [0.4, 0.5) is 0 Å². The Kier molecular flexibility index (Phi) is 3.52. The van der Waals surface area contributed by atoms with Gasteiger partial charge in [0.05, 0.1) is 4.05 Å². The second-order valence-electron chi connectivity index (χ2n) is 2.84. The predicted molar refractivity (Wildman–Crippen MR) is 55.4 cm³/mol. The van der Waals surface area contributed by atoms with Crippen molar-refractivity contribution in [1.82, 2.24) is 4.90 Å². The summed E-state index contributed by atoms with van der Waals surface area (Å²) in [4.78, 5) is 12.7. The number of nitrogens with zero attached hydrogens (tertiary/aromatic N) is 1. The van der Waals surface area contributed by atoms with Gasteiger partial charge in [0.2, 0.25) is 0 Å². The molecule has 0 spiro atoms. The Bertz CT molecular complexity index is 195. The molecule has 0 aromatic heterocycles. The third kappa shape index (κ3) is 1.98. The van der Waals surface area contributed by atoms with Crippen LogP contribution in [0.5, 0.6) is 0 Å². The molecule has 1 heterocycles. The fourth-order valence-corrected chi connectivity index (χ4v) is 2.15. The van der Waals surface area contributed by atoms with E-state index in [2.05, 4.69) is 29.2 Å². The van der Waals surface area contributed by atoms with E-state index in [1.165, 1.54) is 0 Å². The summed E-state index contributed by atoms with van der Waals surface area (Å²) in [6.45, 7) is 4.53. The average Bonchev–Trinajstić information content (AvgIpc) is 2.50. The Balaban J connectivity index is 2.63. The number of alkyl halides is 1. The van der Waals surface area contributed by atoms with Crippen molar-refractivity contribution in [2.45, 2.75) is 22.9 Å². The first-order valence-electron chi connectivity index (χ1n) is 3.92. The standard InChI is InChI=1S/C8H12INO2/c1-2-7(9)10-5-3-4-6(10)8(11)12/h2,6-7H,1,3-5H2,(H,11,12). The van der Waals surface area contributed by atoms with E-state index in [4.69, 9.17) is 5.11 Å². The molecule has 1 rings (SSSR count). The van der Waals surface area contributed by atoms with Crippen LogP contribution in [0, 0.1) is 0 Å². The molecule has 0 amide bonds. The van der Waals surface area contributed by atoms with Gasteiger partial charge in [0, 0.05) is 6.54 Å². The fourth-order valence-electron chi connectivity index (χ4n) is 1.48. The summed E-state index contributed by atoms with van der Waals surface area (Å²) in [5.41, 5.74) is 0. The smallest absolute Gasteiger partial charge is 0.320 e. The van der Waals surface area contributed by atoms with Gasteiger partial charge in [-0.15, -0.1) is 6.58 Å². The van der Waals surface area contributed by atoms with Crippen LogP contribution < -0.4 is 0 Å². The Hall–Kier alpha value is -0.100. The first-order chi connectivity index (χ1) is 5.66. The lowest BCUT2D eigenvalue weighted by Crippen LogP contribution is -2.39. The molecule has 68 valence electrons. The maximum Gasteiger partial charge on any atom is 0.320 e. The lowest BCUT2D eigenvalue weighted by molar-refractivity contribution is -0.142. The zero-order valence-corrected chi connectivity index (χ0v) is 8.90. The number of likely N-dealkylation sites (tertiary alicyclic amines) is 1. The molecule has 1 saturated heterocycles. The summed E-state index contributed by atoms with van der Waals surface area (Å²) in [6.07, 6.45) is 3.52. The van der Waals surface area contributed by atoms with Gasteiger partial charge >= 0.3 is 5.97 Å². The molecule has 4 heteroatoms. The number of carboxylic acid groups (broad SMARTS) is 1. The maximum absolute atomic E-state index is 10.8. The van der Waals surface area contributed by atoms with Crippen LogP contribution in [-0.4, -0.2) is 32.6 Å². The number of halogens is 1. The van der Waals surface area contributed by atoms with Crippen molar-refractivity contribution >= 4 is 28.6 Å². The highest BCUT2D eigenvalue weighted by Gasteiger charge is 2.32. The largest absolute Gasteiger partial charge is 0.480 e. The van der Waals surface area contributed by atoms with Crippen molar-refractivity contribution < 1.29 is 9.90 Å². The highest BCUT2D eigenvalue weighted by atomic mass is 127. The van der Waals surface area contributed by atoms with Gasteiger partial charge in [-0.05, 0) is 12.8 Å². The van der Waals surface area contributed by atoms with Crippen LogP contribution in [0.25, 0.3) is 0 Å². The van der Waals surface area contributed by atoms with Crippen LogP contribution in [0.15, 0.2) is 12.7 Å². The quantitative estimate of drug-likeness (QED) is 0.369. The Labute approximate surface area is 85.6 Å². The first kappa shape index (κ1) is 9.98. The molecular formula is C8H12INO2. The number of carboxylic acids is 1. The minimum absolute atomic E-state index is 0.145. The monoisotopic (exact) mass is 281 g/mol. The summed E-state index contributed by atoms with van der Waals surface area (Å²) >= 11 is 2.20. The Morgan fingerprint density at radius 3 is 3.00 bits per heavy atom. The van der Waals surface area contributed by atoms with Crippen molar-refractivity contribution in [3.8, 4) is 0 Å². The molecule has 0 saturated carbocycles. The molecule has 0 bridgehead atoms. The van der Waals surface area contributed by atoms with Gasteiger partial charge in [0.15, 0.2) is 0 Å². The summed E-state index contributed by atoms with van der Waals surface area (Å²) in [7, 11) is 0. The zero-order valence-electron chi connectivity index (χ0n) is 6.74. The molecule has 1 aliphatic rings. The van der Waals surface area contributed by atoms with E-state index < -0.39 is 5.97 Å². The van der Waals surface area contributed by atoms with Crippen LogP contribution in [0.1, 0.15) is 12.8 Å². The topological polar surface area (TPSA) is 40.5 Å². The van der Waals surface area contributed by atoms with Gasteiger partial charge < -0.3 is 5.11 Å². The van der Waals surface area contributed by atoms with E-state index in [1.807, 2.05) is 4.90 Å². The SMILES string of the molecule is C=CC(I)N1CCCC1C(=O)O. The number of carbonyl (C=O) groups is 1. The molecule has 0 aromatic carbocycles. The van der Waals surface area contributed by atoms with Gasteiger partial charge in [0.1, 0.15) is 6.04 Å². The van der Waals surface area contributed by atoms with Gasteiger partial charge in [0.25, 0.3) is 0 Å². The highest BCUT2D eigenvalue weighted by Crippen LogP contribution is 2.23. The van der Waals surface area contributed by atoms with Crippen molar-refractivity contribution in [3.05, 3.63) is 12.7 Å². The van der Waals surface area contributed by atoms with Gasteiger partial charge in [-0.1, -0.05) is 28.7 Å². The molecule has 12 heavy (non-hydrogen) atoms. The lowest BCUT2D eigenvalue weighted by atomic mass is 10.2. The number of aliphatic carboxylic acids is 1. The molecule has 1 fully saturated rings. The molecule has 1 N–H and O–H groups in total. The molecule has 0 aliphatic carbocycles. The van der Waals surface area contributed by atoms with E-state index in [-0.39, 0.29) is 10.1 Å². The third-order valence-electron chi connectivity index (χ3n) is 2.09. The first-order valence-corrected chi connectivity index (χ1v) is 5.16. The van der Waals surface area contributed by atoms with Crippen molar-refractivity contribution in [1.29, 1.82) is 0 Å². The summed E-state index contributed by atoms with van der Waals surface area (Å²) in [6, 6.07) is -0.301. The fraction of sp³-hybridized carbons (Fsp3) is 0.625. The molecule has 3 nitrogen and oxygen atoms in total. The van der Waals surface area contributed by atoms with Gasteiger partial charge in [-0.3, -0.25) is 9.69 Å². The molecule has 1 aliphatic heterocycles. The highest BCUT2D eigenvalue weighted by molar-refractivity contribution is 14.1. The predicted octanol–water partition coefficient (Wildman–Crippen LogP) is 1.48. The Morgan fingerprint density at radius 2 is 2.50 bits per heavy atom. The van der Waals surface area contributed by atoms with Crippen LogP contribution in [-0.2, 0) is 4.79 Å². The number of hydrogen-bond donors (Lipinski definition) is 1. The zero-order chi connectivity index (χ0) is 9.14. The van der Waals surface area contributed by atoms with Crippen molar-refractivity contribution in [2.75, 3.05) is 6.54 Å². The number of hydrogen-bond acceptors (Lipinski definition) is 2. The number of rotatable bonds is 3. The molecule has 0 radical (unpaired) electrons. The third-order valence-corrected chi connectivity index (χ3v) is 3.31. The van der Waals surface area contributed by atoms with Crippen LogP contribution in [0.3, 0.4) is 0 Å². The van der Waals surface area contributed by atoms with E-state index in [1.54, 1.807) is 6.08 Å². The van der Waals surface area contributed by atoms with Crippen molar-refractivity contribution in [2.24, 2.45) is 0 Å². The van der Waals surface area contributed by atoms with E-state index in [0.29, 0.717) is 0 Å². The summed E-state index contributed by atoms with van der Waals surface area (Å²) < 4.78 is 0.145.